The van der Waals surface area contributed by atoms with Crippen molar-refractivity contribution in [3.63, 3.8) is 0 Å². The van der Waals surface area contributed by atoms with Gasteiger partial charge in [0.25, 0.3) is 0 Å². The lowest BCUT2D eigenvalue weighted by Crippen LogP contribution is -2.50. The van der Waals surface area contributed by atoms with Crippen molar-refractivity contribution in [2.45, 2.75) is 69.5 Å². The lowest BCUT2D eigenvalue weighted by atomic mass is 9.93. The highest BCUT2D eigenvalue weighted by molar-refractivity contribution is 5.79. The maximum absolute atomic E-state index is 11.4. The number of carboxylic acid groups (broad SMARTS) is 1. The summed E-state index contributed by atoms with van der Waals surface area (Å²) in [5, 5.41) is 15.4. The number of amides is 1. The second kappa shape index (κ2) is 7.59. The van der Waals surface area contributed by atoms with Crippen molar-refractivity contribution >= 4 is 11.9 Å². The van der Waals surface area contributed by atoms with Gasteiger partial charge in [-0.1, -0.05) is 19.3 Å². The first-order chi connectivity index (χ1) is 9.39. The number of carboxylic acids is 1. The summed E-state index contributed by atoms with van der Waals surface area (Å²) in [6, 6.07) is 0.0880. The standard InChI is InChI=1S/C14H27N3O3/c1-14(13(19)20,17-10-7-8-10)9-5-3-4-6-11(16-2)12(15)18/h10-11,16-17H,3-9H2,1-2H3,(H2,15,18)(H,19,20). The predicted molar refractivity (Wildman–Crippen MR) is 77.3 cm³/mol. The average Bonchev–Trinajstić information content (AvgIpc) is 3.16. The first kappa shape index (κ1) is 16.9. The zero-order valence-electron chi connectivity index (χ0n) is 12.4. The molecule has 2 unspecified atom stereocenters. The van der Waals surface area contributed by atoms with Crippen LogP contribution in [0.4, 0.5) is 0 Å². The predicted octanol–water partition coefficient (Wildman–Crippen LogP) is 0.606. The molecule has 0 heterocycles. The smallest absolute Gasteiger partial charge is 0.323 e. The fourth-order valence-corrected chi connectivity index (χ4v) is 2.35. The van der Waals surface area contributed by atoms with Gasteiger partial charge in [0.2, 0.25) is 5.91 Å². The molecule has 1 saturated carbocycles. The van der Waals surface area contributed by atoms with E-state index < -0.39 is 11.5 Å². The second-order valence-electron chi connectivity index (χ2n) is 5.90. The third-order valence-electron chi connectivity index (χ3n) is 3.93. The summed E-state index contributed by atoms with van der Waals surface area (Å²) in [6.07, 6.45) is 6.06. The van der Waals surface area contributed by atoms with Gasteiger partial charge in [0, 0.05) is 6.04 Å². The van der Waals surface area contributed by atoms with Crippen molar-refractivity contribution < 1.29 is 14.7 Å². The zero-order chi connectivity index (χ0) is 15.2. The Labute approximate surface area is 120 Å². The van der Waals surface area contributed by atoms with Gasteiger partial charge in [0.15, 0.2) is 0 Å². The van der Waals surface area contributed by atoms with E-state index >= 15 is 0 Å². The quantitative estimate of drug-likeness (QED) is 0.416. The SMILES string of the molecule is CNC(CCCCCC(C)(NC1CC1)C(=O)O)C(N)=O. The number of carbonyl (C=O) groups excluding carboxylic acids is 1. The molecule has 0 aromatic rings. The number of likely N-dealkylation sites (N-methyl/N-ethyl adjacent to an activating group) is 1. The van der Waals surface area contributed by atoms with Crippen molar-refractivity contribution in [1.82, 2.24) is 10.6 Å². The van der Waals surface area contributed by atoms with Gasteiger partial charge in [0.05, 0.1) is 6.04 Å². The number of unbranched alkanes of at least 4 members (excludes halogenated alkanes) is 2. The molecule has 0 saturated heterocycles. The number of nitrogens with two attached hydrogens (primary N) is 1. The lowest BCUT2D eigenvalue weighted by Gasteiger charge is -2.26. The number of hydrogen-bond donors (Lipinski definition) is 4. The molecule has 6 nitrogen and oxygen atoms in total. The molecule has 5 N–H and O–H groups in total. The Balaban J connectivity index is 2.23. The number of rotatable bonds is 11. The van der Waals surface area contributed by atoms with Crippen LogP contribution in [0.15, 0.2) is 0 Å². The minimum absolute atomic E-state index is 0.287. The van der Waals surface area contributed by atoms with E-state index in [2.05, 4.69) is 10.6 Å². The number of primary amides is 1. The molecular weight excluding hydrogens is 258 g/mol. The summed E-state index contributed by atoms with van der Waals surface area (Å²) in [4.78, 5) is 22.4. The lowest BCUT2D eigenvalue weighted by molar-refractivity contribution is -0.144. The first-order valence-electron chi connectivity index (χ1n) is 7.36. The Morgan fingerprint density at radius 2 is 2.00 bits per heavy atom. The number of aliphatic carboxylic acids is 1. The number of hydrogen-bond acceptors (Lipinski definition) is 4. The molecule has 1 amide bonds. The summed E-state index contributed by atoms with van der Waals surface area (Å²) < 4.78 is 0. The zero-order valence-corrected chi connectivity index (χ0v) is 12.4. The third-order valence-corrected chi connectivity index (χ3v) is 3.93. The molecule has 20 heavy (non-hydrogen) atoms. The van der Waals surface area contributed by atoms with E-state index in [4.69, 9.17) is 5.73 Å². The summed E-state index contributed by atoms with van der Waals surface area (Å²) in [6.45, 7) is 1.76. The van der Waals surface area contributed by atoms with Crippen LogP contribution in [0.3, 0.4) is 0 Å². The van der Waals surface area contributed by atoms with Crippen LogP contribution in [0.1, 0.15) is 51.9 Å². The summed E-state index contributed by atoms with van der Waals surface area (Å²) in [7, 11) is 1.72. The van der Waals surface area contributed by atoms with Crippen LogP contribution in [0.2, 0.25) is 0 Å². The Hall–Kier alpha value is -1.14. The molecule has 1 aliphatic carbocycles. The molecule has 1 rings (SSSR count). The first-order valence-corrected chi connectivity index (χ1v) is 7.36. The summed E-state index contributed by atoms with van der Waals surface area (Å²) in [5.74, 6) is -1.12. The van der Waals surface area contributed by atoms with Gasteiger partial charge in [-0.2, -0.15) is 0 Å². The Kier molecular flexibility index (Phi) is 6.42. The molecular formula is C14H27N3O3. The highest BCUT2D eigenvalue weighted by Crippen LogP contribution is 2.25. The van der Waals surface area contributed by atoms with Crippen LogP contribution in [0.25, 0.3) is 0 Å². The molecule has 1 fully saturated rings. The van der Waals surface area contributed by atoms with E-state index in [1.807, 2.05) is 0 Å². The molecule has 0 bridgehead atoms. The third kappa shape index (κ3) is 5.46. The van der Waals surface area contributed by atoms with Crippen LogP contribution in [-0.2, 0) is 9.59 Å². The number of nitrogens with one attached hydrogen (secondary N) is 2. The van der Waals surface area contributed by atoms with Crippen molar-refractivity contribution in [1.29, 1.82) is 0 Å². The second-order valence-corrected chi connectivity index (χ2v) is 5.90. The maximum atomic E-state index is 11.4. The normalized spacial score (nSPS) is 19.3. The molecule has 0 aromatic carbocycles. The Bertz CT molecular complexity index is 345. The van der Waals surface area contributed by atoms with Crippen molar-refractivity contribution in [3.05, 3.63) is 0 Å². The van der Waals surface area contributed by atoms with Crippen LogP contribution in [-0.4, -0.2) is 41.7 Å². The fourth-order valence-electron chi connectivity index (χ4n) is 2.35. The van der Waals surface area contributed by atoms with E-state index in [0.29, 0.717) is 18.9 Å². The van der Waals surface area contributed by atoms with Crippen LogP contribution >= 0.6 is 0 Å². The minimum atomic E-state index is -0.826. The topological polar surface area (TPSA) is 104 Å². The largest absolute Gasteiger partial charge is 0.480 e. The van der Waals surface area contributed by atoms with E-state index in [-0.39, 0.29) is 11.9 Å². The molecule has 2 atom stereocenters. The van der Waals surface area contributed by atoms with E-state index in [1.165, 1.54) is 0 Å². The van der Waals surface area contributed by atoms with Gasteiger partial charge in [-0.3, -0.25) is 14.9 Å². The van der Waals surface area contributed by atoms with Crippen molar-refractivity contribution in [2.24, 2.45) is 5.73 Å². The summed E-state index contributed by atoms with van der Waals surface area (Å²) >= 11 is 0. The van der Waals surface area contributed by atoms with Crippen LogP contribution in [0, 0.1) is 0 Å². The van der Waals surface area contributed by atoms with Gasteiger partial charge in [-0.15, -0.1) is 0 Å². The Morgan fingerprint density at radius 3 is 2.45 bits per heavy atom. The van der Waals surface area contributed by atoms with Gasteiger partial charge in [-0.25, -0.2) is 0 Å². The Morgan fingerprint density at radius 1 is 1.35 bits per heavy atom. The van der Waals surface area contributed by atoms with E-state index in [0.717, 1.165) is 32.1 Å². The van der Waals surface area contributed by atoms with Gasteiger partial charge < -0.3 is 16.2 Å². The highest BCUT2D eigenvalue weighted by atomic mass is 16.4. The van der Waals surface area contributed by atoms with Crippen LogP contribution in [0.5, 0.6) is 0 Å². The molecule has 1 aliphatic rings. The minimum Gasteiger partial charge on any atom is -0.480 e. The monoisotopic (exact) mass is 285 g/mol. The molecule has 0 radical (unpaired) electrons. The number of carbonyl (C=O) groups is 2. The molecule has 116 valence electrons. The van der Waals surface area contributed by atoms with Crippen molar-refractivity contribution in [2.75, 3.05) is 7.05 Å². The average molecular weight is 285 g/mol. The van der Waals surface area contributed by atoms with Crippen LogP contribution < -0.4 is 16.4 Å². The van der Waals surface area contributed by atoms with Gasteiger partial charge in [0.1, 0.15) is 5.54 Å². The van der Waals surface area contributed by atoms with E-state index in [9.17, 15) is 14.7 Å². The van der Waals surface area contributed by atoms with Gasteiger partial charge >= 0.3 is 5.97 Å². The molecule has 0 aliphatic heterocycles. The van der Waals surface area contributed by atoms with Gasteiger partial charge in [-0.05, 0) is 39.7 Å². The van der Waals surface area contributed by atoms with Crippen molar-refractivity contribution in [3.8, 4) is 0 Å². The molecule has 6 heteroatoms. The summed E-state index contributed by atoms with van der Waals surface area (Å²) in [5.41, 5.74) is 4.42. The molecule has 0 aromatic heterocycles. The highest BCUT2D eigenvalue weighted by Gasteiger charge is 2.37. The fraction of sp³-hybridized carbons (Fsp3) is 0.857. The maximum Gasteiger partial charge on any atom is 0.323 e. The molecule has 0 spiro atoms. The van der Waals surface area contributed by atoms with E-state index in [1.54, 1.807) is 14.0 Å².